The maximum absolute atomic E-state index is 4.91. The monoisotopic (exact) mass is 237 g/mol. The van der Waals surface area contributed by atoms with Crippen LogP contribution in [0, 0.1) is 0 Å². The molecule has 1 fully saturated rings. The molecule has 80 valence electrons. The van der Waals surface area contributed by atoms with Gasteiger partial charge in [0.1, 0.15) is 0 Å². The van der Waals surface area contributed by atoms with Gasteiger partial charge in [0.25, 0.3) is 0 Å². The highest BCUT2D eigenvalue weighted by molar-refractivity contribution is 5.85. The van der Waals surface area contributed by atoms with Crippen LogP contribution in [0.25, 0.3) is 0 Å². The lowest BCUT2D eigenvalue weighted by Crippen LogP contribution is -2.40. The fourth-order valence-electron chi connectivity index (χ4n) is 1.15. The van der Waals surface area contributed by atoms with Crippen LogP contribution < -0.4 is 10.1 Å². The van der Waals surface area contributed by atoms with Crippen LogP contribution in [0.5, 0.6) is 5.88 Å². The van der Waals surface area contributed by atoms with E-state index in [1.807, 2.05) is 12.1 Å². The maximum atomic E-state index is 4.91. The van der Waals surface area contributed by atoms with Gasteiger partial charge in [0, 0.05) is 25.1 Å². The van der Waals surface area contributed by atoms with Gasteiger partial charge in [0.2, 0.25) is 5.88 Å². The predicted molar refractivity (Wildman–Crippen MR) is 58.7 cm³/mol. The first kappa shape index (κ1) is 13.4. The molecule has 1 N–H and O–H groups in total. The normalized spacial score (nSPS) is 14.6. The fraction of sp³-hybridized carbons (Fsp3) is 0.500. The number of hydrogen-bond acceptors (Lipinski definition) is 4. The molecule has 1 aliphatic heterocycles. The summed E-state index contributed by atoms with van der Waals surface area (Å²) in [6, 6.07) is 3.82. The van der Waals surface area contributed by atoms with E-state index in [1.165, 1.54) is 0 Å². The minimum absolute atomic E-state index is 0. The van der Waals surface area contributed by atoms with Crippen LogP contribution in [0.1, 0.15) is 11.6 Å². The molecule has 0 unspecified atom stereocenters. The van der Waals surface area contributed by atoms with Crippen molar-refractivity contribution in [3.05, 3.63) is 17.8 Å². The third kappa shape index (κ3) is 2.70. The van der Waals surface area contributed by atoms with E-state index in [0.29, 0.717) is 11.8 Å². The number of rotatable bonds is 2. The van der Waals surface area contributed by atoms with Crippen LogP contribution >= 0.6 is 24.8 Å². The van der Waals surface area contributed by atoms with E-state index in [-0.39, 0.29) is 24.8 Å². The molecular weight excluding hydrogens is 225 g/mol. The first-order chi connectivity index (χ1) is 5.90. The summed E-state index contributed by atoms with van der Waals surface area (Å²) in [6.07, 6.45) is 0. The molecule has 4 nitrogen and oxygen atoms in total. The Balaban J connectivity index is 0.000000845. The molecule has 2 heterocycles. The first-order valence-corrected chi connectivity index (χ1v) is 3.98. The molecule has 0 atom stereocenters. The quantitative estimate of drug-likeness (QED) is 0.835. The molecule has 1 aromatic rings. The second-order valence-corrected chi connectivity index (χ2v) is 2.86. The molecule has 14 heavy (non-hydrogen) atoms. The highest BCUT2D eigenvalue weighted by Gasteiger charge is 2.20. The molecule has 1 saturated heterocycles. The summed E-state index contributed by atoms with van der Waals surface area (Å²) >= 11 is 0. The van der Waals surface area contributed by atoms with E-state index >= 15 is 0 Å². The molecule has 0 aromatic carbocycles. The number of halogens is 2. The number of methoxy groups -OCH3 is 1. The average Bonchev–Trinajstić information content (AvgIpc) is 2.03. The Kier molecular flexibility index (Phi) is 5.76. The third-order valence-corrected chi connectivity index (χ3v) is 2.07. The smallest absolute Gasteiger partial charge is 0.233 e. The van der Waals surface area contributed by atoms with Crippen molar-refractivity contribution in [3.8, 4) is 5.88 Å². The van der Waals surface area contributed by atoms with Crippen molar-refractivity contribution in [1.29, 1.82) is 0 Å². The Morgan fingerprint density at radius 2 is 2.00 bits per heavy atom. The third-order valence-electron chi connectivity index (χ3n) is 2.07. The van der Waals surface area contributed by atoms with Gasteiger partial charge in [-0.15, -0.1) is 29.9 Å². The number of nitrogens with one attached hydrogen (secondary N) is 1. The molecule has 0 amide bonds. The predicted octanol–water partition coefficient (Wildman–Crippen LogP) is 1.02. The number of nitrogens with zero attached hydrogens (tertiary/aromatic N) is 2. The molecular formula is C8H13Cl2N3O. The maximum Gasteiger partial charge on any atom is 0.233 e. The minimum atomic E-state index is 0. The average molecular weight is 238 g/mol. The lowest BCUT2D eigenvalue weighted by molar-refractivity contribution is 0.385. The second kappa shape index (κ2) is 6.01. The molecule has 0 spiro atoms. The molecule has 0 radical (unpaired) electrons. The lowest BCUT2D eigenvalue weighted by Gasteiger charge is -2.25. The molecule has 0 aliphatic carbocycles. The van der Waals surface area contributed by atoms with Crippen molar-refractivity contribution in [1.82, 2.24) is 15.5 Å². The topological polar surface area (TPSA) is 47.0 Å². The summed E-state index contributed by atoms with van der Waals surface area (Å²) in [4.78, 5) is 0. The van der Waals surface area contributed by atoms with Gasteiger partial charge in [-0.2, -0.15) is 5.10 Å². The Morgan fingerprint density at radius 3 is 2.36 bits per heavy atom. The van der Waals surface area contributed by atoms with Crippen LogP contribution in [-0.2, 0) is 0 Å². The summed E-state index contributed by atoms with van der Waals surface area (Å²) in [5.41, 5.74) is 1.05. The Hall–Kier alpha value is -0.580. The van der Waals surface area contributed by atoms with Gasteiger partial charge >= 0.3 is 0 Å². The SMILES string of the molecule is COc1ccc(C2CNC2)nn1.Cl.Cl. The van der Waals surface area contributed by atoms with Crippen molar-refractivity contribution in [2.75, 3.05) is 20.2 Å². The number of ether oxygens (including phenoxy) is 1. The molecule has 0 bridgehead atoms. The zero-order valence-electron chi connectivity index (χ0n) is 7.77. The van der Waals surface area contributed by atoms with E-state index < -0.39 is 0 Å². The number of aromatic nitrogens is 2. The Morgan fingerprint density at radius 1 is 1.29 bits per heavy atom. The second-order valence-electron chi connectivity index (χ2n) is 2.86. The van der Waals surface area contributed by atoms with Crippen molar-refractivity contribution in [3.63, 3.8) is 0 Å². The number of hydrogen-bond donors (Lipinski definition) is 1. The molecule has 1 aliphatic rings. The van der Waals surface area contributed by atoms with Crippen LogP contribution in [-0.4, -0.2) is 30.4 Å². The lowest BCUT2D eigenvalue weighted by atomic mass is 9.99. The highest BCUT2D eigenvalue weighted by atomic mass is 35.5. The summed E-state index contributed by atoms with van der Waals surface area (Å²) in [6.45, 7) is 2.03. The van der Waals surface area contributed by atoms with Crippen LogP contribution in [0.4, 0.5) is 0 Å². The zero-order valence-corrected chi connectivity index (χ0v) is 9.40. The molecule has 6 heteroatoms. The van der Waals surface area contributed by atoms with Gasteiger partial charge in [0.05, 0.1) is 12.8 Å². The van der Waals surface area contributed by atoms with E-state index in [2.05, 4.69) is 15.5 Å². The van der Waals surface area contributed by atoms with Crippen molar-refractivity contribution >= 4 is 24.8 Å². The Labute approximate surface area is 95.3 Å². The molecule has 2 rings (SSSR count). The standard InChI is InChI=1S/C8H11N3O.2ClH/c1-12-8-3-2-7(10-11-8)6-4-9-5-6;;/h2-3,6,9H,4-5H2,1H3;2*1H. The van der Waals surface area contributed by atoms with Crippen LogP contribution in [0.3, 0.4) is 0 Å². The van der Waals surface area contributed by atoms with Gasteiger partial charge < -0.3 is 10.1 Å². The summed E-state index contributed by atoms with van der Waals surface area (Å²) in [7, 11) is 1.59. The van der Waals surface area contributed by atoms with Gasteiger partial charge in [-0.1, -0.05) is 0 Å². The Bertz CT molecular complexity index is 264. The van der Waals surface area contributed by atoms with Crippen molar-refractivity contribution in [2.45, 2.75) is 5.92 Å². The fourth-order valence-corrected chi connectivity index (χ4v) is 1.15. The largest absolute Gasteiger partial charge is 0.480 e. The van der Waals surface area contributed by atoms with E-state index in [1.54, 1.807) is 7.11 Å². The van der Waals surface area contributed by atoms with E-state index in [9.17, 15) is 0 Å². The van der Waals surface area contributed by atoms with Crippen molar-refractivity contribution in [2.24, 2.45) is 0 Å². The van der Waals surface area contributed by atoms with Crippen molar-refractivity contribution < 1.29 is 4.74 Å². The van der Waals surface area contributed by atoms with Gasteiger partial charge in [-0.25, -0.2) is 0 Å². The van der Waals surface area contributed by atoms with Gasteiger partial charge in [0.15, 0.2) is 0 Å². The van der Waals surface area contributed by atoms with Gasteiger partial charge in [-0.3, -0.25) is 0 Å². The molecule has 1 aromatic heterocycles. The zero-order chi connectivity index (χ0) is 8.39. The van der Waals surface area contributed by atoms with E-state index in [0.717, 1.165) is 18.8 Å². The molecule has 0 saturated carbocycles. The van der Waals surface area contributed by atoms with E-state index in [4.69, 9.17) is 4.74 Å². The summed E-state index contributed by atoms with van der Waals surface area (Å²) in [5.74, 6) is 1.12. The minimum Gasteiger partial charge on any atom is -0.480 e. The van der Waals surface area contributed by atoms with Crippen LogP contribution in [0.2, 0.25) is 0 Å². The highest BCUT2D eigenvalue weighted by Crippen LogP contribution is 2.17. The summed E-state index contributed by atoms with van der Waals surface area (Å²) < 4.78 is 4.91. The van der Waals surface area contributed by atoms with Crippen LogP contribution in [0.15, 0.2) is 12.1 Å². The summed E-state index contributed by atoms with van der Waals surface area (Å²) in [5, 5.41) is 11.1. The van der Waals surface area contributed by atoms with Gasteiger partial charge in [-0.05, 0) is 6.07 Å². The first-order valence-electron chi connectivity index (χ1n) is 3.98.